The molecule has 2 heterocycles. The number of nitrogens with zero attached hydrogens (tertiary/aromatic N) is 2. The van der Waals surface area contributed by atoms with Crippen LogP contribution in [0, 0.1) is 0 Å². The van der Waals surface area contributed by atoms with Gasteiger partial charge in [0.15, 0.2) is 0 Å². The minimum Gasteiger partial charge on any atom is -0.493 e. The van der Waals surface area contributed by atoms with E-state index in [1.165, 1.54) is 0 Å². The second kappa shape index (κ2) is 5.57. The van der Waals surface area contributed by atoms with Crippen LogP contribution in [-0.2, 0) is 11.8 Å². The molecule has 0 saturated carbocycles. The first-order valence-corrected chi connectivity index (χ1v) is 6.91. The highest BCUT2D eigenvalue weighted by Crippen LogP contribution is 2.31. The number of rotatable bonds is 3. The fourth-order valence-corrected chi connectivity index (χ4v) is 2.51. The zero-order valence-corrected chi connectivity index (χ0v) is 11.8. The van der Waals surface area contributed by atoms with E-state index in [0.29, 0.717) is 12.2 Å². The predicted molar refractivity (Wildman–Crippen MR) is 77.6 cm³/mol. The second-order valence-electron chi connectivity index (χ2n) is 5.16. The van der Waals surface area contributed by atoms with Crippen molar-refractivity contribution < 1.29 is 9.53 Å². The Morgan fingerprint density at radius 2 is 2.33 bits per heavy atom. The fourth-order valence-electron chi connectivity index (χ4n) is 2.51. The molecule has 1 amide bonds. The van der Waals surface area contributed by atoms with Crippen molar-refractivity contribution in [1.29, 1.82) is 0 Å². The third kappa shape index (κ3) is 2.75. The summed E-state index contributed by atoms with van der Waals surface area (Å²) in [5.41, 5.74) is 7.69. The number of aromatic nitrogens is 2. The summed E-state index contributed by atoms with van der Waals surface area (Å²) in [5.74, 6) is 0.619. The topological polar surface area (TPSA) is 82.2 Å². The van der Waals surface area contributed by atoms with Crippen LogP contribution in [0.25, 0.3) is 0 Å². The van der Waals surface area contributed by atoms with Crippen LogP contribution in [0.4, 0.5) is 0 Å². The van der Waals surface area contributed by atoms with Gasteiger partial charge in [0.05, 0.1) is 18.8 Å². The molecule has 2 atom stereocenters. The van der Waals surface area contributed by atoms with Gasteiger partial charge in [-0.25, -0.2) is 0 Å². The number of benzene rings is 1. The summed E-state index contributed by atoms with van der Waals surface area (Å²) in [7, 11) is 1.79. The Hall–Kier alpha value is -2.34. The van der Waals surface area contributed by atoms with Crippen LogP contribution in [0.5, 0.6) is 5.75 Å². The van der Waals surface area contributed by atoms with Gasteiger partial charge >= 0.3 is 0 Å². The Labute approximate surface area is 122 Å². The molecule has 0 fully saturated rings. The number of nitrogens with two attached hydrogens (primary N) is 1. The molecule has 1 aromatic heterocycles. The zero-order chi connectivity index (χ0) is 14.8. The standard InChI is InChI=1S/C15H18N4O2/c1-19-9-10(8-17-19)14(16)15(20)18-12-6-7-21-13-5-3-2-4-11(12)13/h2-5,8-9,12,14H,6-7,16H2,1H3,(H,18,20). The first-order valence-electron chi connectivity index (χ1n) is 6.91. The molecule has 3 rings (SSSR count). The fraction of sp³-hybridized carbons (Fsp3) is 0.333. The molecular formula is C15H18N4O2. The van der Waals surface area contributed by atoms with E-state index in [-0.39, 0.29) is 11.9 Å². The first-order chi connectivity index (χ1) is 10.1. The predicted octanol–water partition coefficient (Wildman–Crippen LogP) is 1.06. The van der Waals surface area contributed by atoms with E-state index in [2.05, 4.69) is 10.4 Å². The number of amides is 1. The van der Waals surface area contributed by atoms with Crippen LogP contribution in [0.1, 0.15) is 29.6 Å². The summed E-state index contributed by atoms with van der Waals surface area (Å²) < 4.78 is 7.22. The van der Waals surface area contributed by atoms with E-state index in [4.69, 9.17) is 10.5 Å². The summed E-state index contributed by atoms with van der Waals surface area (Å²) in [6.07, 6.45) is 4.10. The summed E-state index contributed by atoms with van der Waals surface area (Å²) in [5, 5.41) is 7.04. The number of hydrogen-bond acceptors (Lipinski definition) is 4. The molecule has 0 aliphatic carbocycles. The lowest BCUT2D eigenvalue weighted by atomic mass is 10.00. The average Bonchev–Trinajstić information content (AvgIpc) is 2.93. The smallest absolute Gasteiger partial charge is 0.242 e. The van der Waals surface area contributed by atoms with Gasteiger partial charge in [-0.05, 0) is 6.07 Å². The molecule has 0 bridgehead atoms. The summed E-state index contributed by atoms with van der Waals surface area (Å²) >= 11 is 0. The van der Waals surface area contributed by atoms with Crippen molar-refractivity contribution in [2.45, 2.75) is 18.5 Å². The molecule has 0 spiro atoms. The van der Waals surface area contributed by atoms with E-state index in [9.17, 15) is 4.79 Å². The largest absolute Gasteiger partial charge is 0.493 e. The Morgan fingerprint density at radius 3 is 3.10 bits per heavy atom. The van der Waals surface area contributed by atoms with E-state index < -0.39 is 6.04 Å². The molecule has 2 aromatic rings. The Balaban J connectivity index is 1.74. The molecule has 6 nitrogen and oxygen atoms in total. The highest BCUT2D eigenvalue weighted by molar-refractivity contribution is 5.83. The lowest BCUT2D eigenvalue weighted by Gasteiger charge is -2.27. The van der Waals surface area contributed by atoms with Crippen LogP contribution >= 0.6 is 0 Å². The van der Waals surface area contributed by atoms with Gasteiger partial charge in [-0.15, -0.1) is 0 Å². The highest BCUT2D eigenvalue weighted by atomic mass is 16.5. The molecule has 0 saturated heterocycles. The van der Waals surface area contributed by atoms with Crippen LogP contribution in [-0.4, -0.2) is 22.3 Å². The third-order valence-electron chi connectivity index (χ3n) is 3.64. The number of ether oxygens (including phenoxy) is 1. The maximum Gasteiger partial charge on any atom is 0.242 e. The quantitative estimate of drug-likeness (QED) is 0.884. The van der Waals surface area contributed by atoms with Crippen LogP contribution in [0.2, 0.25) is 0 Å². The molecule has 3 N–H and O–H groups in total. The van der Waals surface area contributed by atoms with Crippen molar-refractivity contribution in [3.63, 3.8) is 0 Å². The third-order valence-corrected chi connectivity index (χ3v) is 3.64. The van der Waals surface area contributed by atoms with Gasteiger partial charge < -0.3 is 15.8 Å². The number of para-hydroxylation sites is 1. The number of aryl methyl sites for hydroxylation is 1. The van der Waals surface area contributed by atoms with Gasteiger partial charge in [0, 0.05) is 30.8 Å². The summed E-state index contributed by atoms with van der Waals surface area (Å²) in [6, 6.07) is 6.96. The van der Waals surface area contributed by atoms with Crippen molar-refractivity contribution in [1.82, 2.24) is 15.1 Å². The zero-order valence-electron chi connectivity index (χ0n) is 11.8. The maximum atomic E-state index is 12.3. The monoisotopic (exact) mass is 286 g/mol. The SMILES string of the molecule is Cn1cc(C(N)C(=O)NC2CCOc3ccccc32)cn1. The van der Waals surface area contributed by atoms with Gasteiger partial charge in [0.25, 0.3) is 0 Å². The van der Waals surface area contributed by atoms with E-state index in [0.717, 1.165) is 17.7 Å². The molecule has 1 aromatic carbocycles. The van der Waals surface area contributed by atoms with Crippen LogP contribution in [0.15, 0.2) is 36.7 Å². The molecule has 110 valence electrons. The highest BCUT2D eigenvalue weighted by Gasteiger charge is 2.25. The van der Waals surface area contributed by atoms with Crippen molar-refractivity contribution in [2.75, 3.05) is 6.61 Å². The molecule has 6 heteroatoms. The van der Waals surface area contributed by atoms with Gasteiger partial charge in [0.2, 0.25) is 5.91 Å². The number of carbonyl (C=O) groups excluding carboxylic acids is 1. The number of hydrogen-bond donors (Lipinski definition) is 2. The number of fused-ring (bicyclic) bond motifs is 1. The van der Waals surface area contributed by atoms with Crippen LogP contribution in [0.3, 0.4) is 0 Å². The van der Waals surface area contributed by atoms with Crippen molar-refractivity contribution in [2.24, 2.45) is 12.8 Å². The second-order valence-corrected chi connectivity index (χ2v) is 5.16. The molecule has 0 radical (unpaired) electrons. The minimum absolute atomic E-state index is 0.0647. The van der Waals surface area contributed by atoms with Gasteiger partial charge in [-0.3, -0.25) is 9.48 Å². The Bertz CT molecular complexity index is 653. The first kappa shape index (κ1) is 13.6. The minimum atomic E-state index is -0.714. The lowest BCUT2D eigenvalue weighted by Crippen LogP contribution is -2.38. The van der Waals surface area contributed by atoms with E-state index >= 15 is 0 Å². The van der Waals surface area contributed by atoms with Gasteiger partial charge in [-0.2, -0.15) is 5.10 Å². The lowest BCUT2D eigenvalue weighted by molar-refractivity contribution is -0.123. The molecule has 1 aliphatic heterocycles. The average molecular weight is 286 g/mol. The molecule has 1 aliphatic rings. The summed E-state index contributed by atoms with van der Waals surface area (Å²) in [4.78, 5) is 12.3. The Kier molecular flexibility index (Phi) is 3.62. The van der Waals surface area contributed by atoms with Crippen molar-refractivity contribution in [3.8, 4) is 5.75 Å². The normalized spacial score (nSPS) is 18.5. The molecule has 21 heavy (non-hydrogen) atoms. The van der Waals surface area contributed by atoms with Crippen molar-refractivity contribution >= 4 is 5.91 Å². The van der Waals surface area contributed by atoms with Gasteiger partial charge in [-0.1, -0.05) is 18.2 Å². The maximum absolute atomic E-state index is 12.3. The molecular weight excluding hydrogens is 268 g/mol. The van der Waals surface area contributed by atoms with Gasteiger partial charge in [0.1, 0.15) is 11.8 Å². The van der Waals surface area contributed by atoms with E-state index in [1.807, 2.05) is 24.3 Å². The van der Waals surface area contributed by atoms with Crippen LogP contribution < -0.4 is 15.8 Å². The summed E-state index contributed by atoms with van der Waals surface area (Å²) in [6.45, 7) is 0.587. The van der Waals surface area contributed by atoms with E-state index in [1.54, 1.807) is 24.1 Å². The molecule has 2 unspecified atom stereocenters. The Morgan fingerprint density at radius 1 is 1.52 bits per heavy atom. The van der Waals surface area contributed by atoms with Crippen molar-refractivity contribution in [3.05, 3.63) is 47.8 Å². The number of carbonyl (C=O) groups is 1. The number of nitrogens with one attached hydrogen (secondary N) is 1.